The number of rotatable bonds is 14. The summed E-state index contributed by atoms with van der Waals surface area (Å²) in [7, 11) is 0. The minimum absolute atomic E-state index is 0.114. The first-order valence-electron chi connectivity index (χ1n) is 18.4. The van der Waals surface area contributed by atoms with Crippen molar-refractivity contribution in [3.05, 3.63) is 108 Å². The Morgan fingerprint density at radius 2 is 1.23 bits per heavy atom. The van der Waals surface area contributed by atoms with E-state index in [0.717, 1.165) is 16.7 Å². The minimum atomic E-state index is -1.45. The van der Waals surface area contributed by atoms with Crippen molar-refractivity contribution in [3.8, 4) is 0 Å². The van der Waals surface area contributed by atoms with E-state index in [9.17, 15) is 19.2 Å². The molecule has 0 spiro atoms. The number of ether oxygens (including phenoxy) is 10. The largest absolute Gasteiger partial charge is 0.463 e. The summed E-state index contributed by atoms with van der Waals surface area (Å²) >= 11 is 0. The number of hydrogen-bond donors (Lipinski definition) is 1. The van der Waals surface area contributed by atoms with Gasteiger partial charge in [0.2, 0.25) is 5.91 Å². The van der Waals surface area contributed by atoms with Gasteiger partial charge in [0.15, 0.2) is 31.1 Å². The van der Waals surface area contributed by atoms with Crippen molar-refractivity contribution in [1.29, 1.82) is 0 Å². The third-order valence-electron chi connectivity index (χ3n) is 9.26. The van der Waals surface area contributed by atoms with E-state index in [1.54, 1.807) is 0 Å². The van der Waals surface area contributed by atoms with Gasteiger partial charge in [-0.1, -0.05) is 91.0 Å². The molecule has 0 unspecified atom stereocenters. The zero-order chi connectivity index (χ0) is 39.6. The summed E-state index contributed by atoms with van der Waals surface area (Å²) in [6, 6.07) is 27.2. The maximum Gasteiger partial charge on any atom is 0.303 e. The molecule has 6 rings (SSSR count). The molecular weight excluding hydrogens is 730 g/mol. The number of hydrogen-bond acceptors (Lipinski definition) is 14. The number of carbonyl (C=O) groups excluding carboxylic acids is 4. The topological polar surface area (TPSA) is 173 Å². The number of benzene rings is 3. The monoisotopic (exact) mass is 777 g/mol. The highest BCUT2D eigenvalue weighted by Crippen LogP contribution is 2.39. The quantitative estimate of drug-likeness (QED) is 0.186. The predicted molar refractivity (Wildman–Crippen MR) is 194 cm³/mol. The maximum absolute atomic E-state index is 12.8. The Morgan fingerprint density at radius 1 is 0.643 bits per heavy atom. The van der Waals surface area contributed by atoms with Crippen molar-refractivity contribution in [1.82, 2.24) is 5.32 Å². The number of carbonyl (C=O) groups is 4. The van der Waals surface area contributed by atoms with Crippen molar-refractivity contribution >= 4 is 23.8 Å². The third kappa shape index (κ3) is 10.8. The Labute approximate surface area is 324 Å². The Kier molecular flexibility index (Phi) is 14.2. The van der Waals surface area contributed by atoms with Gasteiger partial charge in [0, 0.05) is 33.3 Å². The van der Waals surface area contributed by atoms with E-state index in [0.29, 0.717) is 0 Å². The molecule has 15 nitrogen and oxygen atoms in total. The van der Waals surface area contributed by atoms with Crippen LogP contribution in [-0.2, 0) is 79.8 Å². The van der Waals surface area contributed by atoms with E-state index in [-0.39, 0.29) is 19.8 Å². The van der Waals surface area contributed by atoms with Gasteiger partial charge in [-0.05, 0) is 11.1 Å². The Balaban J connectivity index is 1.40. The van der Waals surface area contributed by atoms with Crippen LogP contribution in [0.25, 0.3) is 0 Å². The summed E-state index contributed by atoms with van der Waals surface area (Å²) in [5.41, 5.74) is 2.50. The molecule has 0 bridgehead atoms. The molecule has 11 atom stereocenters. The average Bonchev–Trinajstić information content (AvgIpc) is 3.18. The molecular formula is C41H47NO14. The molecule has 15 heteroatoms. The first kappa shape index (κ1) is 40.9. The molecule has 3 heterocycles. The molecule has 1 N–H and O–H groups in total. The number of fused-ring (bicyclic) bond motifs is 1. The lowest BCUT2D eigenvalue weighted by Gasteiger charge is -2.51. The molecule has 300 valence electrons. The summed E-state index contributed by atoms with van der Waals surface area (Å²) in [6.45, 7) is 4.78. The lowest BCUT2D eigenvalue weighted by molar-refractivity contribution is -0.393. The van der Waals surface area contributed by atoms with Crippen LogP contribution < -0.4 is 5.32 Å². The first-order chi connectivity index (χ1) is 27.0. The van der Waals surface area contributed by atoms with Crippen LogP contribution in [0.5, 0.6) is 0 Å². The zero-order valence-corrected chi connectivity index (χ0v) is 31.6. The van der Waals surface area contributed by atoms with E-state index in [1.807, 2.05) is 91.0 Å². The highest BCUT2D eigenvalue weighted by molar-refractivity contribution is 5.73. The van der Waals surface area contributed by atoms with Gasteiger partial charge in [0.05, 0.1) is 19.8 Å². The number of amides is 1. The van der Waals surface area contributed by atoms with Crippen LogP contribution in [0.4, 0.5) is 0 Å². The lowest BCUT2D eigenvalue weighted by atomic mass is 9.94. The van der Waals surface area contributed by atoms with Crippen LogP contribution in [0.2, 0.25) is 0 Å². The summed E-state index contributed by atoms with van der Waals surface area (Å²) in [6.07, 6.45) is -10.8. The van der Waals surface area contributed by atoms with Crippen molar-refractivity contribution in [3.63, 3.8) is 0 Å². The molecule has 0 aromatic heterocycles. The van der Waals surface area contributed by atoms with Gasteiger partial charge in [0.1, 0.15) is 43.2 Å². The molecule has 3 aromatic carbocycles. The minimum Gasteiger partial charge on any atom is -0.463 e. The van der Waals surface area contributed by atoms with Crippen molar-refractivity contribution < 1.29 is 66.5 Å². The van der Waals surface area contributed by atoms with E-state index >= 15 is 0 Å². The van der Waals surface area contributed by atoms with Crippen LogP contribution in [0, 0.1) is 0 Å². The van der Waals surface area contributed by atoms with Crippen LogP contribution in [0.1, 0.15) is 50.7 Å². The van der Waals surface area contributed by atoms with Gasteiger partial charge >= 0.3 is 17.9 Å². The van der Waals surface area contributed by atoms with Crippen LogP contribution >= 0.6 is 0 Å². The van der Waals surface area contributed by atoms with Gasteiger partial charge in [-0.3, -0.25) is 19.2 Å². The Hall–Kier alpha value is -4.74. The highest BCUT2D eigenvalue weighted by atomic mass is 16.8. The number of nitrogens with one attached hydrogen (secondary N) is 1. The van der Waals surface area contributed by atoms with Crippen LogP contribution in [0.15, 0.2) is 91.0 Å². The number of esters is 3. The van der Waals surface area contributed by atoms with Crippen LogP contribution in [-0.4, -0.2) is 98.4 Å². The van der Waals surface area contributed by atoms with Gasteiger partial charge in [-0.25, -0.2) is 0 Å². The van der Waals surface area contributed by atoms with E-state index in [2.05, 4.69) is 5.32 Å². The fraction of sp³-hybridized carbons (Fsp3) is 0.463. The molecule has 1 amide bonds. The molecule has 3 aliphatic heterocycles. The molecule has 56 heavy (non-hydrogen) atoms. The Morgan fingerprint density at radius 3 is 1.82 bits per heavy atom. The van der Waals surface area contributed by atoms with Gasteiger partial charge in [-0.15, -0.1) is 0 Å². The SMILES string of the molecule is CC(=O)N[C@@H]1[C@@H](O[C@@H]2[C@@H](OCc3ccccc3)O[C@@H]3CO[C@@H](c4ccccc4)O[C@H]3[C@@H]2OCc2ccccc2)O[C@@H](COC(C)=O)[C@H](OC(C)=O)[C@H]1OC(C)=O. The first-order valence-corrected chi connectivity index (χ1v) is 18.4. The van der Waals surface area contributed by atoms with E-state index in [4.69, 9.17) is 47.4 Å². The second-order valence-corrected chi connectivity index (χ2v) is 13.6. The Bertz CT molecular complexity index is 1750. The zero-order valence-electron chi connectivity index (χ0n) is 31.6. The standard InChI is InChI=1S/C41H47NO14/c1-24(43)42-33-36(52-27(4)46)34(51-26(3)45)31(22-47-25(2)44)53-40(33)56-38-37(48-20-28-14-8-5-9-15-28)35-32(23-50-39(55-35)30-18-12-7-13-19-30)54-41(38)49-21-29-16-10-6-11-17-29/h5-19,31-41H,20-23H2,1-4H3,(H,42,43)/t31-,32+,33-,34-,35+,36-,37-,38-,39+,40+,41-/m0/s1. The fourth-order valence-corrected chi connectivity index (χ4v) is 6.88. The summed E-state index contributed by atoms with van der Waals surface area (Å²) in [4.78, 5) is 49.7. The van der Waals surface area contributed by atoms with Gasteiger partial charge < -0.3 is 52.7 Å². The highest BCUT2D eigenvalue weighted by Gasteiger charge is 2.56. The molecule has 3 aromatic rings. The predicted octanol–water partition coefficient (Wildman–Crippen LogP) is 3.67. The van der Waals surface area contributed by atoms with E-state index < -0.39 is 98.1 Å². The molecule has 0 aliphatic carbocycles. The third-order valence-corrected chi connectivity index (χ3v) is 9.26. The molecule has 3 saturated heterocycles. The molecule has 3 aliphatic rings. The smallest absolute Gasteiger partial charge is 0.303 e. The van der Waals surface area contributed by atoms with Crippen LogP contribution in [0.3, 0.4) is 0 Å². The molecule has 0 radical (unpaired) electrons. The van der Waals surface area contributed by atoms with Crippen molar-refractivity contribution in [2.24, 2.45) is 0 Å². The van der Waals surface area contributed by atoms with Gasteiger partial charge in [-0.2, -0.15) is 0 Å². The van der Waals surface area contributed by atoms with E-state index in [1.165, 1.54) is 27.7 Å². The molecule has 0 saturated carbocycles. The lowest BCUT2D eigenvalue weighted by Crippen LogP contribution is -2.69. The van der Waals surface area contributed by atoms with Gasteiger partial charge in [0.25, 0.3) is 0 Å². The molecule has 3 fully saturated rings. The fourth-order valence-electron chi connectivity index (χ4n) is 6.88. The summed E-state index contributed by atoms with van der Waals surface area (Å²) in [5.74, 6) is -2.64. The second-order valence-electron chi connectivity index (χ2n) is 13.6. The second kappa shape index (κ2) is 19.4. The summed E-state index contributed by atoms with van der Waals surface area (Å²) < 4.78 is 62.4. The summed E-state index contributed by atoms with van der Waals surface area (Å²) in [5, 5.41) is 2.76. The van der Waals surface area contributed by atoms with Crippen molar-refractivity contribution in [2.45, 2.75) is 109 Å². The average molecular weight is 778 g/mol. The normalized spacial score (nSPS) is 30.0. The van der Waals surface area contributed by atoms with Crippen molar-refractivity contribution in [2.75, 3.05) is 13.2 Å². The maximum atomic E-state index is 12.8.